The van der Waals surface area contributed by atoms with Gasteiger partial charge in [-0.15, -0.1) is 0 Å². The van der Waals surface area contributed by atoms with Crippen molar-refractivity contribution in [2.24, 2.45) is 17.1 Å². The Kier molecular flexibility index (Phi) is 3.68. The molecule has 4 nitrogen and oxygen atoms in total. The summed E-state index contributed by atoms with van der Waals surface area (Å²) in [5.41, 5.74) is 6.11. The lowest BCUT2D eigenvalue weighted by atomic mass is 10.1. The van der Waals surface area contributed by atoms with Gasteiger partial charge in [0.2, 0.25) is 10.0 Å². The number of hydrogen-bond acceptors (Lipinski definition) is 3. The topological polar surface area (TPSA) is 72.2 Å². The van der Waals surface area contributed by atoms with Crippen LogP contribution in [0.3, 0.4) is 0 Å². The molecule has 0 spiro atoms. The van der Waals surface area contributed by atoms with Crippen LogP contribution in [0.5, 0.6) is 0 Å². The largest absolute Gasteiger partial charge is 0.326 e. The maximum atomic E-state index is 13.2. The van der Waals surface area contributed by atoms with Crippen LogP contribution in [0.2, 0.25) is 0 Å². The number of benzene rings is 1. The van der Waals surface area contributed by atoms with Crippen LogP contribution in [0.15, 0.2) is 23.1 Å². The zero-order chi connectivity index (χ0) is 14.3. The highest BCUT2D eigenvalue weighted by molar-refractivity contribution is 7.89. The second-order valence-electron chi connectivity index (χ2n) is 5.70. The highest BCUT2D eigenvalue weighted by Gasteiger charge is 2.45. The minimum absolute atomic E-state index is 0.0610. The fourth-order valence-corrected chi connectivity index (χ4v) is 3.50. The molecule has 0 saturated heterocycles. The average molecular weight is 286 g/mol. The van der Waals surface area contributed by atoms with Crippen LogP contribution in [-0.2, 0) is 16.6 Å². The third kappa shape index (κ3) is 3.13. The summed E-state index contributed by atoms with van der Waals surface area (Å²) >= 11 is 0. The van der Waals surface area contributed by atoms with Gasteiger partial charge in [0.05, 0.1) is 4.90 Å². The Morgan fingerprint density at radius 3 is 2.63 bits per heavy atom. The fraction of sp³-hybridized carbons (Fsp3) is 0.538. The molecule has 0 aliphatic heterocycles. The molecule has 1 aromatic rings. The highest BCUT2D eigenvalue weighted by atomic mass is 32.2. The van der Waals surface area contributed by atoms with Crippen molar-refractivity contribution in [2.75, 3.05) is 6.54 Å². The van der Waals surface area contributed by atoms with Crippen molar-refractivity contribution in [3.05, 3.63) is 29.6 Å². The molecular weight excluding hydrogens is 267 g/mol. The molecular formula is C13H19FN2O2S. The molecule has 19 heavy (non-hydrogen) atoms. The molecule has 1 saturated carbocycles. The molecule has 2 rings (SSSR count). The molecule has 1 atom stereocenters. The number of sulfonamides is 1. The molecule has 1 aliphatic rings. The molecule has 3 N–H and O–H groups in total. The number of nitrogens with two attached hydrogens (primary N) is 1. The summed E-state index contributed by atoms with van der Waals surface area (Å²) < 4.78 is 40.1. The van der Waals surface area contributed by atoms with E-state index in [1.807, 2.05) is 0 Å². The van der Waals surface area contributed by atoms with Crippen LogP contribution in [0, 0.1) is 17.2 Å². The second-order valence-corrected chi connectivity index (χ2v) is 7.43. The summed E-state index contributed by atoms with van der Waals surface area (Å²) in [6.07, 6.45) is 1.00. The van der Waals surface area contributed by atoms with Gasteiger partial charge in [-0.3, -0.25) is 0 Å². The standard InChI is InChI=1S/C13H19FN2O2S/c1-13(2)6-10(13)8-16-19(17,18)12-5-11(14)4-3-9(12)7-15/h3-5,10,16H,6-8,15H2,1-2H3. The Morgan fingerprint density at radius 1 is 1.47 bits per heavy atom. The van der Waals surface area contributed by atoms with Crippen LogP contribution < -0.4 is 10.5 Å². The number of halogens is 1. The molecule has 1 fully saturated rings. The van der Waals surface area contributed by atoms with Gasteiger partial charge in [-0.1, -0.05) is 19.9 Å². The minimum atomic E-state index is -3.70. The van der Waals surface area contributed by atoms with Crippen LogP contribution in [0.25, 0.3) is 0 Å². The summed E-state index contributed by atoms with van der Waals surface area (Å²) in [5.74, 6) is -0.235. The van der Waals surface area contributed by atoms with Gasteiger partial charge in [0, 0.05) is 13.1 Å². The molecule has 0 radical (unpaired) electrons. The Labute approximate surface area is 113 Å². The average Bonchev–Trinajstić information content (AvgIpc) is 2.95. The van der Waals surface area contributed by atoms with Crippen LogP contribution in [0.1, 0.15) is 25.8 Å². The minimum Gasteiger partial charge on any atom is -0.326 e. The molecule has 6 heteroatoms. The lowest BCUT2D eigenvalue weighted by molar-refractivity contribution is 0.536. The predicted molar refractivity (Wildman–Crippen MR) is 71.4 cm³/mol. The van der Waals surface area contributed by atoms with Gasteiger partial charge in [-0.2, -0.15) is 0 Å². The van der Waals surface area contributed by atoms with Gasteiger partial charge in [-0.05, 0) is 35.4 Å². The van der Waals surface area contributed by atoms with E-state index in [0.717, 1.165) is 12.5 Å². The Morgan fingerprint density at radius 2 is 2.11 bits per heavy atom. The lowest BCUT2D eigenvalue weighted by Crippen LogP contribution is -2.28. The fourth-order valence-electron chi connectivity index (χ4n) is 2.16. The van der Waals surface area contributed by atoms with Gasteiger partial charge < -0.3 is 5.73 Å². The quantitative estimate of drug-likeness (QED) is 0.863. The Bertz CT molecular complexity index is 584. The van der Waals surface area contributed by atoms with E-state index in [-0.39, 0.29) is 16.9 Å². The first-order valence-electron chi connectivity index (χ1n) is 6.24. The summed E-state index contributed by atoms with van der Waals surface area (Å²) in [7, 11) is -3.70. The summed E-state index contributed by atoms with van der Waals surface area (Å²) in [5, 5.41) is 0. The van der Waals surface area contributed by atoms with Crippen molar-refractivity contribution in [3.63, 3.8) is 0 Å². The van der Waals surface area contributed by atoms with E-state index in [2.05, 4.69) is 18.6 Å². The zero-order valence-electron chi connectivity index (χ0n) is 11.1. The third-order valence-electron chi connectivity index (χ3n) is 3.78. The molecule has 0 bridgehead atoms. The molecule has 1 aromatic carbocycles. The van der Waals surface area contributed by atoms with Crippen molar-refractivity contribution in [1.29, 1.82) is 0 Å². The van der Waals surface area contributed by atoms with Crippen molar-refractivity contribution >= 4 is 10.0 Å². The molecule has 106 valence electrons. The van der Waals surface area contributed by atoms with E-state index >= 15 is 0 Å². The van der Waals surface area contributed by atoms with Gasteiger partial charge in [0.25, 0.3) is 0 Å². The maximum Gasteiger partial charge on any atom is 0.241 e. The van der Waals surface area contributed by atoms with E-state index in [9.17, 15) is 12.8 Å². The first-order valence-corrected chi connectivity index (χ1v) is 7.73. The van der Waals surface area contributed by atoms with E-state index in [1.54, 1.807) is 0 Å². The normalized spacial score (nSPS) is 21.4. The van der Waals surface area contributed by atoms with Crippen LogP contribution in [-0.4, -0.2) is 15.0 Å². The van der Waals surface area contributed by atoms with Crippen LogP contribution in [0.4, 0.5) is 4.39 Å². The maximum absolute atomic E-state index is 13.2. The SMILES string of the molecule is CC1(C)CC1CNS(=O)(=O)c1cc(F)ccc1CN. The second kappa shape index (κ2) is 4.85. The number of nitrogens with one attached hydrogen (secondary N) is 1. The summed E-state index contributed by atoms with van der Waals surface area (Å²) in [6, 6.07) is 3.64. The van der Waals surface area contributed by atoms with Gasteiger partial charge in [0.15, 0.2) is 0 Å². The lowest BCUT2D eigenvalue weighted by Gasteiger charge is -2.11. The van der Waals surface area contributed by atoms with Crippen LogP contribution >= 0.6 is 0 Å². The monoisotopic (exact) mass is 286 g/mol. The summed E-state index contributed by atoms with van der Waals surface area (Å²) in [6.45, 7) is 4.64. The predicted octanol–water partition coefficient (Wildman–Crippen LogP) is 1.61. The zero-order valence-corrected chi connectivity index (χ0v) is 11.9. The van der Waals surface area contributed by atoms with Gasteiger partial charge >= 0.3 is 0 Å². The van der Waals surface area contributed by atoms with E-state index in [1.165, 1.54) is 12.1 Å². The van der Waals surface area contributed by atoms with Crippen molar-refractivity contribution < 1.29 is 12.8 Å². The van der Waals surface area contributed by atoms with Crippen molar-refractivity contribution in [2.45, 2.75) is 31.7 Å². The van der Waals surface area contributed by atoms with E-state index < -0.39 is 15.8 Å². The van der Waals surface area contributed by atoms with Crippen molar-refractivity contribution in [1.82, 2.24) is 4.72 Å². The highest BCUT2D eigenvalue weighted by Crippen LogP contribution is 2.51. The first kappa shape index (κ1) is 14.4. The Balaban J connectivity index is 2.17. The number of rotatable bonds is 5. The number of hydrogen-bond donors (Lipinski definition) is 2. The van der Waals surface area contributed by atoms with Gasteiger partial charge in [-0.25, -0.2) is 17.5 Å². The van der Waals surface area contributed by atoms with E-state index in [4.69, 9.17) is 5.73 Å². The smallest absolute Gasteiger partial charge is 0.241 e. The molecule has 0 aromatic heterocycles. The molecule has 0 heterocycles. The molecule has 1 aliphatic carbocycles. The molecule has 1 unspecified atom stereocenters. The third-order valence-corrected chi connectivity index (χ3v) is 5.28. The first-order chi connectivity index (χ1) is 8.76. The summed E-state index contributed by atoms with van der Waals surface area (Å²) in [4.78, 5) is -0.0616. The van der Waals surface area contributed by atoms with Gasteiger partial charge in [0.1, 0.15) is 5.82 Å². The van der Waals surface area contributed by atoms with E-state index in [0.29, 0.717) is 18.0 Å². The Hall–Kier alpha value is -0.980. The molecule has 0 amide bonds. The van der Waals surface area contributed by atoms with Crippen molar-refractivity contribution in [3.8, 4) is 0 Å².